The van der Waals surface area contributed by atoms with Crippen LogP contribution in [0.3, 0.4) is 0 Å². The number of rotatable bonds is 8. The van der Waals surface area contributed by atoms with Crippen molar-refractivity contribution in [3.8, 4) is 6.07 Å². The number of hydrogen-bond acceptors (Lipinski definition) is 6. The Morgan fingerprint density at radius 2 is 1.69 bits per heavy atom. The second kappa shape index (κ2) is 10.8. The number of pyridine rings is 2. The zero-order chi connectivity index (χ0) is 29.5. The van der Waals surface area contributed by atoms with Gasteiger partial charge in [-0.25, -0.2) is 0 Å². The van der Waals surface area contributed by atoms with Crippen LogP contribution in [0.15, 0.2) is 85.2 Å². The van der Waals surface area contributed by atoms with E-state index in [-0.39, 0.29) is 11.7 Å². The molecule has 1 amide bonds. The first-order valence-corrected chi connectivity index (χ1v) is 14.8. The van der Waals surface area contributed by atoms with Gasteiger partial charge in [0.1, 0.15) is 11.4 Å². The summed E-state index contributed by atoms with van der Waals surface area (Å²) in [5, 5.41) is 13.0. The number of carbonyl (C=O) groups excluding carboxylic acids is 2. The molecule has 2 aromatic heterocycles. The molecule has 4 fully saturated rings. The average Bonchev–Trinajstić information content (AvgIpc) is 3.23. The maximum absolute atomic E-state index is 14.7. The lowest BCUT2D eigenvalue weighted by atomic mass is 9.43. The van der Waals surface area contributed by atoms with Crippen LogP contribution in [0.25, 0.3) is 0 Å². The van der Waals surface area contributed by atoms with Gasteiger partial charge in [-0.05, 0) is 89.5 Å². The van der Waals surface area contributed by atoms with Crippen molar-refractivity contribution >= 4 is 11.7 Å². The van der Waals surface area contributed by atoms with E-state index in [1.807, 2.05) is 29.2 Å². The van der Waals surface area contributed by atoms with E-state index in [0.29, 0.717) is 65.4 Å². The normalized spacial score (nSPS) is 26.3. The molecule has 3 aliphatic carbocycles. The Labute approximate surface area is 247 Å². The maximum Gasteiger partial charge on any atom is 0.254 e. The Morgan fingerprint density at radius 3 is 2.26 bits per heavy atom. The third kappa shape index (κ3) is 5.00. The number of amides is 1. The summed E-state index contributed by atoms with van der Waals surface area (Å²) in [6.07, 6.45) is 11.8. The molecule has 214 valence electrons. The predicted octanol–water partition coefficient (Wildman–Crippen LogP) is 5.35. The molecule has 0 radical (unpaired) electrons. The van der Waals surface area contributed by atoms with Crippen molar-refractivity contribution in [3.05, 3.63) is 107 Å². The molecule has 3 heterocycles. The molecule has 42 heavy (non-hydrogen) atoms. The van der Waals surface area contributed by atoms with Gasteiger partial charge in [-0.3, -0.25) is 24.5 Å². The third-order valence-corrected chi connectivity index (χ3v) is 10.3. The Balaban J connectivity index is 1.39. The van der Waals surface area contributed by atoms with Crippen LogP contribution in [-0.4, -0.2) is 38.6 Å². The van der Waals surface area contributed by atoms with Crippen LogP contribution in [0.4, 0.5) is 0 Å². The number of nitrogens with zero attached hydrogens (tertiary/aromatic N) is 4. The van der Waals surface area contributed by atoms with Crippen molar-refractivity contribution in [2.45, 2.75) is 52.0 Å². The minimum Gasteiger partial charge on any atom is -0.357 e. The number of aromatic nitrogens is 2. The van der Waals surface area contributed by atoms with Crippen LogP contribution in [0.2, 0.25) is 0 Å². The van der Waals surface area contributed by atoms with Crippen molar-refractivity contribution in [3.63, 3.8) is 0 Å². The molecule has 7 heteroatoms. The summed E-state index contributed by atoms with van der Waals surface area (Å²) in [6, 6.07) is 16.6. The molecule has 7 nitrogen and oxygen atoms in total. The van der Waals surface area contributed by atoms with Crippen molar-refractivity contribution < 1.29 is 9.59 Å². The van der Waals surface area contributed by atoms with Gasteiger partial charge in [-0.2, -0.15) is 5.26 Å². The highest BCUT2D eigenvalue weighted by Gasteiger charge is 2.57. The largest absolute Gasteiger partial charge is 0.357 e. The van der Waals surface area contributed by atoms with Gasteiger partial charge in [0.05, 0.1) is 11.6 Å². The molecule has 7 rings (SSSR count). The smallest absolute Gasteiger partial charge is 0.254 e. The van der Waals surface area contributed by atoms with E-state index >= 15 is 0 Å². The predicted molar refractivity (Wildman–Crippen MR) is 160 cm³/mol. The highest BCUT2D eigenvalue weighted by atomic mass is 16.2. The Bertz CT molecular complexity index is 1520. The van der Waals surface area contributed by atoms with E-state index in [2.05, 4.69) is 42.1 Å². The standard InChI is InChI=1S/C35H37N5O2/c1-23-28(16-29-17-30(23)34(29,2)3)22-40-32(18-31(41)27-6-4-5-26(15-27)21-36)39-35(33(40)42,19-24-7-11-37-12-8-24)20-25-9-13-38-14-10-25/h4-15,18,23,28-30,39H,16-17,19-20,22H2,1-3H3/b32-18+. The summed E-state index contributed by atoms with van der Waals surface area (Å²) < 4.78 is 0. The summed E-state index contributed by atoms with van der Waals surface area (Å²) in [5.74, 6) is 2.41. The van der Waals surface area contributed by atoms with E-state index in [1.165, 1.54) is 6.42 Å². The first kappa shape index (κ1) is 27.8. The first-order valence-electron chi connectivity index (χ1n) is 14.8. The topological polar surface area (TPSA) is 99.0 Å². The van der Waals surface area contributed by atoms with E-state index in [4.69, 9.17) is 0 Å². The molecule has 4 atom stereocenters. The minimum absolute atomic E-state index is 0.0216. The zero-order valence-corrected chi connectivity index (χ0v) is 24.5. The van der Waals surface area contributed by atoms with Gasteiger partial charge >= 0.3 is 0 Å². The number of ketones is 1. The fourth-order valence-electron chi connectivity index (χ4n) is 7.71. The van der Waals surface area contributed by atoms with Crippen LogP contribution >= 0.6 is 0 Å². The highest BCUT2D eigenvalue weighted by Crippen LogP contribution is 2.63. The lowest BCUT2D eigenvalue weighted by Gasteiger charge is -2.62. The number of allylic oxidation sites excluding steroid dienone is 1. The molecule has 1 aromatic carbocycles. The molecule has 3 aromatic rings. The molecular formula is C35H37N5O2. The molecule has 1 N–H and O–H groups in total. The minimum atomic E-state index is -0.983. The Morgan fingerprint density at radius 1 is 1.05 bits per heavy atom. The van der Waals surface area contributed by atoms with Crippen molar-refractivity contribution in [1.29, 1.82) is 5.26 Å². The number of fused-ring (bicyclic) bond motifs is 2. The van der Waals surface area contributed by atoms with Gasteiger partial charge in [0.15, 0.2) is 5.78 Å². The number of hydrogen-bond donors (Lipinski definition) is 1. The van der Waals surface area contributed by atoms with Crippen LogP contribution < -0.4 is 5.32 Å². The maximum atomic E-state index is 14.7. The van der Waals surface area contributed by atoms with Crippen molar-refractivity contribution in [1.82, 2.24) is 20.2 Å². The number of nitriles is 1. The SMILES string of the molecule is CC1C(CN2C(=O)C(Cc3ccncc3)(Cc3ccncc3)N/C2=C\C(=O)c2cccc(C#N)c2)CC2CC1C2(C)C. The number of nitrogens with one attached hydrogen (secondary N) is 1. The summed E-state index contributed by atoms with van der Waals surface area (Å²) in [5.41, 5.74) is 2.19. The van der Waals surface area contributed by atoms with E-state index < -0.39 is 5.54 Å². The molecule has 4 aliphatic rings. The zero-order valence-electron chi connectivity index (χ0n) is 24.5. The fraction of sp³-hybridized carbons (Fsp3) is 0.400. The van der Waals surface area contributed by atoms with E-state index in [9.17, 15) is 14.9 Å². The Hall–Kier alpha value is -4.31. The van der Waals surface area contributed by atoms with Gasteiger partial charge in [-0.15, -0.1) is 0 Å². The molecule has 3 saturated carbocycles. The second-order valence-electron chi connectivity index (χ2n) is 13.0. The average molecular weight is 560 g/mol. The molecule has 2 bridgehead atoms. The number of carbonyl (C=O) groups is 2. The lowest BCUT2D eigenvalue weighted by molar-refractivity contribution is -0.142. The quantitative estimate of drug-likeness (QED) is 0.295. The monoisotopic (exact) mass is 559 g/mol. The van der Waals surface area contributed by atoms with Crippen molar-refractivity contribution in [2.24, 2.45) is 29.1 Å². The van der Waals surface area contributed by atoms with Gasteiger partial charge in [0, 0.05) is 55.8 Å². The molecule has 1 saturated heterocycles. The summed E-state index contributed by atoms with van der Waals surface area (Å²) in [7, 11) is 0. The second-order valence-corrected chi connectivity index (χ2v) is 13.0. The third-order valence-electron chi connectivity index (χ3n) is 10.3. The van der Waals surface area contributed by atoms with Crippen LogP contribution in [0.5, 0.6) is 0 Å². The van der Waals surface area contributed by atoms with Crippen LogP contribution in [0, 0.1) is 40.4 Å². The summed E-state index contributed by atoms with van der Waals surface area (Å²) >= 11 is 0. The summed E-state index contributed by atoms with van der Waals surface area (Å²) in [4.78, 5) is 38.4. The molecular weight excluding hydrogens is 522 g/mol. The summed E-state index contributed by atoms with van der Waals surface area (Å²) in [6.45, 7) is 7.68. The van der Waals surface area contributed by atoms with Gasteiger partial charge in [0.25, 0.3) is 5.91 Å². The molecule has 1 aliphatic heterocycles. The fourth-order valence-corrected chi connectivity index (χ4v) is 7.71. The molecule has 0 spiro atoms. The first-order chi connectivity index (χ1) is 20.2. The van der Waals surface area contributed by atoms with E-state index in [1.54, 1.807) is 55.1 Å². The van der Waals surface area contributed by atoms with Gasteiger partial charge in [-0.1, -0.05) is 32.9 Å². The van der Waals surface area contributed by atoms with Crippen LogP contribution in [-0.2, 0) is 17.6 Å². The lowest BCUT2D eigenvalue weighted by Crippen LogP contribution is -2.57. The van der Waals surface area contributed by atoms with E-state index in [0.717, 1.165) is 17.5 Å². The molecule has 4 unspecified atom stereocenters. The van der Waals surface area contributed by atoms with Crippen LogP contribution in [0.1, 0.15) is 60.7 Å². The van der Waals surface area contributed by atoms with Gasteiger partial charge in [0.2, 0.25) is 0 Å². The van der Waals surface area contributed by atoms with Crippen molar-refractivity contribution in [2.75, 3.05) is 6.54 Å². The Kier molecular flexibility index (Phi) is 7.18. The van der Waals surface area contributed by atoms with Gasteiger partial charge < -0.3 is 5.32 Å². The number of benzene rings is 1. The highest BCUT2D eigenvalue weighted by molar-refractivity contribution is 6.06.